The molecule has 0 amide bonds. The molecule has 0 unspecified atom stereocenters. The van der Waals surface area contributed by atoms with Crippen molar-refractivity contribution in [3.63, 3.8) is 0 Å². The van der Waals surface area contributed by atoms with Gasteiger partial charge in [0.25, 0.3) is 0 Å². The smallest absolute Gasteiger partial charge is 0.337 e. The Morgan fingerprint density at radius 2 is 1.83 bits per heavy atom. The third kappa shape index (κ3) is 4.97. The number of rotatable bonds is 5. The van der Waals surface area contributed by atoms with Crippen molar-refractivity contribution in [2.75, 3.05) is 13.7 Å². The first-order chi connectivity index (χ1) is 11.1. The van der Waals surface area contributed by atoms with E-state index in [0.29, 0.717) is 23.5 Å². The number of hydrogen-bond donors (Lipinski definition) is 0. The molecule has 0 radical (unpaired) electrons. The van der Waals surface area contributed by atoms with Crippen molar-refractivity contribution in [1.82, 2.24) is 0 Å². The molecular weight excluding hydrogens is 358 g/mol. The summed E-state index contributed by atoms with van der Waals surface area (Å²) < 4.78 is 11.1. The van der Waals surface area contributed by atoms with Crippen molar-refractivity contribution < 1.29 is 14.3 Å². The zero-order valence-corrected chi connectivity index (χ0v) is 14.0. The monoisotopic (exact) mass is 371 g/mol. The van der Waals surface area contributed by atoms with Gasteiger partial charge in [-0.05, 0) is 48.0 Å². The van der Waals surface area contributed by atoms with E-state index < -0.39 is 0 Å². The van der Waals surface area contributed by atoms with Crippen LogP contribution in [0.1, 0.15) is 21.5 Å². The lowest BCUT2D eigenvalue weighted by atomic mass is 10.1. The van der Waals surface area contributed by atoms with Crippen molar-refractivity contribution in [1.29, 1.82) is 5.26 Å². The summed E-state index contributed by atoms with van der Waals surface area (Å²) in [5.74, 6) is 0.333. The first-order valence-corrected chi connectivity index (χ1v) is 7.59. The standard InChI is InChI=1S/C18H14BrNO3/c1-22-18(21)15-6-2-13(3-7-15)10-16(19)12-23-17-8-4-14(11-20)5-9-17/h2-10H,12H2,1H3. The van der Waals surface area contributed by atoms with Crippen molar-refractivity contribution in [2.45, 2.75) is 0 Å². The normalized spacial score (nSPS) is 10.7. The van der Waals surface area contributed by atoms with Crippen molar-refractivity contribution in [3.05, 3.63) is 69.7 Å². The molecule has 2 aromatic rings. The zero-order chi connectivity index (χ0) is 16.7. The number of carbonyl (C=O) groups excluding carboxylic acids is 1. The van der Waals surface area contributed by atoms with Crippen LogP contribution in [0.25, 0.3) is 6.08 Å². The van der Waals surface area contributed by atoms with E-state index in [-0.39, 0.29) is 5.97 Å². The fraction of sp³-hybridized carbons (Fsp3) is 0.111. The average molecular weight is 372 g/mol. The Kier molecular flexibility index (Phi) is 5.95. The highest BCUT2D eigenvalue weighted by molar-refractivity contribution is 9.11. The first-order valence-electron chi connectivity index (χ1n) is 6.80. The molecule has 0 saturated carbocycles. The number of methoxy groups -OCH3 is 1. The summed E-state index contributed by atoms with van der Waals surface area (Å²) in [4.78, 5) is 11.4. The minimum atomic E-state index is -0.358. The van der Waals surface area contributed by atoms with Crippen LogP contribution in [0.2, 0.25) is 0 Å². The fourth-order valence-corrected chi connectivity index (χ4v) is 2.21. The Balaban J connectivity index is 1.96. The van der Waals surface area contributed by atoms with Gasteiger partial charge in [0.15, 0.2) is 0 Å². The van der Waals surface area contributed by atoms with Gasteiger partial charge in [0, 0.05) is 4.48 Å². The summed E-state index contributed by atoms with van der Waals surface area (Å²) in [5, 5.41) is 8.74. The Morgan fingerprint density at radius 1 is 1.17 bits per heavy atom. The molecule has 0 aliphatic rings. The highest BCUT2D eigenvalue weighted by Crippen LogP contribution is 2.17. The molecule has 0 aromatic heterocycles. The largest absolute Gasteiger partial charge is 0.488 e. The van der Waals surface area contributed by atoms with Gasteiger partial charge < -0.3 is 9.47 Å². The molecule has 0 heterocycles. The summed E-state index contributed by atoms with van der Waals surface area (Å²) in [6, 6.07) is 16.1. The van der Waals surface area contributed by atoms with Crippen LogP contribution in [0, 0.1) is 11.3 Å². The molecule has 116 valence electrons. The average Bonchev–Trinajstić information content (AvgIpc) is 2.60. The molecule has 0 aliphatic carbocycles. The lowest BCUT2D eigenvalue weighted by Gasteiger charge is -2.06. The van der Waals surface area contributed by atoms with Crippen LogP contribution < -0.4 is 4.74 Å². The van der Waals surface area contributed by atoms with E-state index in [9.17, 15) is 4.79 Å². The molecule has 2 rings (SSSR count). The number of nitrogens with zero attached hydrogens (tertiary/aromatic N) is 1. The minimum absolute atomic E-state index is 0.358. The maximum atomic E-state index is 11.4. The highest BCUT2D eigenvalue weighted by atomic mass is 79.9. The molecule has 0 bridgehead atoms. The number of carbonyl (C=O) groups is 1. The van der Waals surface area contributed by atoms with E-state index in [1.54, 1.807) is 36.4 Å². The zero-order valence-electron chi connectivity index (χ0n) is 12.5. The summed E-state index contributed by atoms with van der Waals surface area (Å²) in [7, 11) is 1.35. The van der Waals surface area contributed by atoms with Crippen LogP contribution in [0.4, 0.5) is 0 Å². The Bertz CT molecular complexity index is 743. The minimum Gasteiger partial charge on any atom is -0.488 e. The van der Waals surface area contributed by atoms with E-state index in [1.165, 1.54) is 7.11 Å². The van der Waals surface area contributed by atoms with E-state index >= 15 is 0 Å². The van der Waals surface area contributed by atoms with Gasteiger partial charge in [0.1, 0.15) is 12.4 Å². The molecule has 0 saturated heterocycles. The van der Waals surface area contributed by atoms with Gasteiger partial charge in [0.05, 0.1) is 24.3 Å². The first kappa shape index (κ1) is 16.8. The van der Waals surface area contributed by atoms with Crippen molar-refractivity contribution >= 4 is 28.0 Å². The molecule has 2 aromatic carbocycles. The number of benzene rings is 2. The molecule has 0 fully saturated rings. The predicted molar refractivity (Wildman–Crippen MR) is 91.3 cm³/mol. The van der Waals surface area contributed by atoms with Gasteiger partial charge in [-0.2, -0.15) is 5.26 Å². The Labute approximate surface area is 143 Å². The molecule has 0 N–H and O–H groups in total. The van der Waals surface area contributed by atoms with Crippen LogP contribution in [0.3, 0.4) is 0 Å². The van der Waals surface area contributed by atoms with Gasteiger partial charge in [-0.25, -0.2) is 4.79 Å². The number of esters is 1. The SMILES string of the molecule is COC(=O)c1ccc(C=C(Br)COc2ccc(C#N)cc2)cc1. The Morgan fingerprint density at radius 3 is 2.39 bits per heavy atom. The number of hydrogen-bond acceptors (Lipinski definition) is 4. The van der Waals surface area contributed by atoms with Gasteiger partial charge in [-0.15, -0.1) is 0 Å². The quantitative estimate of drug-likeness (QED) is 0.740. The van der Waals surface area contributed by atoms with E-state index in [2.05, 4.69) is 26.7 Å². The second kappa shape index (κ2) is 8.16. The summed E-state index contributed by atoms with van der Waals surface area (Å²) in [6.45, 7) is 0.366. The van der Waals surface area contributed by atoms with Gasteiger partial charge >= 0.3 is 5.97 Å². The third-order valence-corrected chi connectivity index (χ3v) is 3.47. The molecule has 5 heteroatoms. The second-order valence-electron chi connectivity index (χ2n) is 4.63. The van der Waals surface area contributed by atoms with E-state index in [1.807, 2.05) is 18.2 Å². The van der Waals surface area contributed by atoms with Crippen molar-refractivity contribution in [2.24, 2.45) is 0 Å². The summed E-state index contributed by atoms with van der Waals surface area (Å²) >= 11 is 3.45. The third-order valence-electron chi connectivity index (χ3n) is 3.02. The van der Waals surface area contributed by atoms with Crippen LogP contribution >= 0.6 is 15.9 Å². The van der Waals surface area contributed by atoms with Gasteiger partial charge in [-0.1, -0.05) is 28.1 Å². The number of nitriles is 1. The molecule has 0 aliphatic heterocycles. The lowest BCUT2D eigenvalue weighted by molar-refractivity contribution is 0.0600. The molecule has 0 atom stereocenters. The summed E-state index contributed by atoms with van der Waals surface area (Å²) in [6.07, 6.45) is 1.91. The number of ether oxygens (including phenoxy) is 2. The van der Waals surface area contributed by atoms with Crippen LogP contribution in [0.5, 0.6) is 5.75 Å². The molecule has 23 heavy (non-hydrogen) atoms. The van der Waals surface area contributed by atoms with Crippen molar-refractivity contribution in [3.8, 4) is 11.8 Å². The molecule has 0 spiro atoms. The van der Waals surface area contributed by atoms with E-state index in [4.69, 9.17) is 10.00 Å². The highest BCUT2D eigenvalue weighted by Gasteiger charge is 2.04. The Hall–Kier alpha value is -2.58. The predicted octanol–water partition coefficient (Wildman–Crippen LogP) is 4.16. The summed E-state index contributed by atoms with van der Waals surface area (Å²) in [5.41, 5.74) is 2.04. The van der Waals surface area contributed by atoms with Crippen LogP contribution in [-0.4, -0.2) is 19.7 Å². The second-order valence-corrected chi connectivity index (χ2v) is 5.65. The van der Waals surface area contributed by atoms with E-state index in [0.717, 1.165) is 10.0 Å². The maximum absolute atomic E-state index is 11.4. The molecular formula is C18H14BrNO3. The molecule has 4 nitrogen and oxygen atoms in total. The van der Waals surface area contributed by atoms with Gasteiger partial charge in [0.2, 0.25) is 0 Å². The lowest BCUT2D eigenvalue weighted by Crippen LogP contribution is -2.00. The van der Waals surface area contributed by atoms with Gasteiger partial charge in [-0.3, -0.25) is 0 Å². The van der Waals surface area contributed by atoms with Crippen LogP contribution in [-0.2, 0) is 4.74 Å². The maximum Gasteiger partial charge on any atom is 0.337 e. The topological polar surface area (TPSA) is 59.3 Å². The number of halogens is 1. The van der Waals surface area contributed by atoms with Crippen LogP contribution in [0.15, 0.2) is 53.0 Å². The fourth-order valence-electron chi connectivity index (χ4n) is 1.83.